The lowest BCUT2D eigenvalue weighted by molar-refractivity contribution is 0.0741. The van der Waals surface area contributed by atoms with E-state index >= 15 is 0 Å². The Labute approximate surface area is 145 Å². The summed E-state index contributed by atoms with van der Waals surface area (Å²) in [5.74, 6) is 0.0419. The second-order valence-corrected chi connectivity index (χ2v) is 7.31. The van der Waals surface area contributed by atoms with Crippen molar-refractivity contribution in [3.05, 3.63) is 40.1 Å². The fraction of sp³-hybridized carbons (Fsp3) is 0.471. The first kappa shape index (κ1) is 15.5. The van der Waals surface area contributed by atoms with Crippen molar-refractivity contribution in [2.45, 2.75) is 32.0 Å². The molecule has 24 heavy (non-hydrogen) atoms. The third-order valence-electron chi connectivity index (χ3n) is 4.64. The molecule has 2 aromatic heterocycles. The van der Waals surface area contributed by atoms with Crippen LogP contribution in [0.15, 0.2) is 24.5 Å². The van der Waals surface area contributed by atoms with E-state index in [2.05, 4.69) is 20.9 Å². The molecule has 0 radical (unpaired) electrons. The number of nitrogens with zero attached hydrogens (tertiary/aromatic N) is 4. The second-order valence-electron chi connectivity index (χ2n) is 6.20. The Morgan fingerprint density at radius 2 is 2.38 bits per heavy atom. The minimum Gasteiger partial charge on any atom is -0.378 e. The van der Waals surface area contributed by atoms with Crippen LogP contribution < -0.4 is 4.90 Å². The van der Waals surface area contributed by atoms with Crippen LogP contribution in [0.5, 0.6) is 0 Å². The second kappa shape index (κ2) is 6.49. The molecule has 0 unspecified atom stereocenters. The average Bonchev–Trinajstić information content (AvgIpc) is 3.21. The van der Waals surface area contributed by atoms with Gasteiger partial charge in [0, 0.05) is 32.4 Å². The zero-order chi connectivity index (χ0) is 16.5. The molecule has 2 aliphatic rings. The number of carbonyl (C=O) groups is 1. The minimum atomic E-state index is 0.0419. The molecule has 1 fully saturated rings. The summed E-state index contributed by atoms with van der Waals surface area (Å²) in [5.41, 5.74) is 2.16. The Morgan fingerprint density at radius 3 is 3.25 bits per heavy atom. The highest BCUT2D eigenvalue weighted by atomic mass is 32.1. The van der Waals surface area contributed by atoms with Gasteiger partial charge < -0.3 is 14.5 Å². The summed E-state index contributed by atoms with van der Waals surface area (Å²) in [5, 5.41) is 0.830. The van der Waals surface area contributed by atoms with Crippen LogP contribution >= 0.6 is 11.3 Å². The van der Waals surface area contributed by atoms with Crippen molar-refractivity contribution in [2.24, 2.45) is 0 Å². The maximum absolute atomic E-state index is 13.0. The number of aromatic nitrogens is 2. The van der Waals surface area contributed by atoms with Gasteiger partial charge in [-0.2, -0.15) is 0 Å². The van der Waals surface area contributed by atoms with Gasteiger partial charge in [-0.05, 0) is 25.0 Å². The van der Waals surface area contributed by atoms with E-state index in [1.54, 1.807) is 19.5 Å². The number of anilines is 1. The Bertz CT molecular complexity index is 748. The fourth-order valence-corrected chi connectivity index (χ4v) is 4.42. The molecule has 126 valence electrons. The van der Waals surface area contributed by atoms with Crippen molar-refractivity contribution >= 4 is 22.9 Å². The molecular formula is C17H20N4O2S. The Morgan fingerprint density at radius 1 is 1.46 bits per heavy atom. The van der Waals surface area contributed by atoms with Crippen LogP contribution in [0.2, 0.25) is 0 Å². The van der Waals surface area contributed by atoms with E-state index in [1.807, 2.05) is 11.0 Å². The molecular weight excluding hydrogens is 324 g/mol. The number of hydrogen-bond acceptors (Lipinski definition) is 6. The molecule has 0 aromatic carbocycles. The lowest BCUT2D eigenvalue weighted by Crippen LogP contribution is -2.39. The molecule has 0 aliphatic carbocycles. The summed E-state index contributed by atoms with van der Waals surface area (Å²) < 4.78 is 5.10. The van der Waals surface area contributed by atoms with E-state index in [0.717, 1.165) is 30.2 Å². The summed E-state index contributed by atoms with van der Waals surface area (Å²) >= 11 is 1.41. The molecule has 2 aromatic rings. The van der Waals surface area contributed by atoms with E-state index in [9.17, 15) is 4.79 Å². The van der Waals surface area contributed by atoms with E-state index in [1.165, 1.54) is 23.4 Å². The number of thiazole rings is 1. The predicted octanol–water partition coefficient (Wildman–Crippen LogP) is 2.31. The smallest absolute Gasteiger partial charge is 0.266 e. The number of hydrogen-bond donors (Lipinski definition) is 0. The molecule has 0 spiro atoms. The number of pyridine rings is 1. The number of methoxy groups -OCH3 is 1. The molecule has 4 heterocycles. The highest BCUT2D eigenvalue weighted by molar-refractivity contribution is 7.13. The van der Waals surface area contributed by atoms with Crippen molar-refractivity contribution in [1.82, 2.24) is 14.9 Å². The molecule has 1 saturated heterocycles. The zero-order valence-corrected chi connectivity index (χ0v) is 14.5. The topological polar surface area (TPSA) is 58.6 Å². The quantitative estimate of drug-likeness (QED) is 0.855. The van der Waals surface area contributed by atoms with Crippen LogP contribution in [0.25, 0.3) is 0 Å². The normalized spacial score (nSPS) is 19.8. The summed E-state index contributed by atoms with van der Waals surface area (Å²) in [6.07, 6.45) is 5.76. The Hall–Kier alpha value is -1.99. The third kappa shape index (κ3) is 2.78. The van der Waals surface area contributed by atoms with Crippen LogP contribution in [0.4, 0.5) is 5.69 Å². The van der Waals surface area contributed by atoms with E-state index < -0.39 is 0 Å². The van der Waals surface area contributed by atoms with Gasteiger partial charge in [0.05, 0.1) is 30.7 Å². The van der Waals surface area contributed by atoms with Crippen molar-refractivity contribution in [3.8, 4) is 0 Å². The molecule has 7 heteroatoms. The summed E-state index contributed by atoms with van der Waals surface area (Å²) in [4.78, 5) is 26.8. The molecule has 0 bridgehead atoms. The third-order valence-corrected chi connectivity index (χ3v) is 5.60. The van der Waals surface area contributed by atoms with Gasteiger partial charge in [0.2, 0.25) is 0 Å². The van der Waals surface area contributed by atoms with Crippen LogP contribution in [0.1, 0.15) is 33.2 Å². The highest BCUT2D eigenvalue weighted by Gasteiger charge is 2.34. The van der Waals surface area contributed by atoms with Crippen LogP contribution in [-0.4, -0.2) is 47.0 Å². The van der Waals surface area contributed by atoms with Crippen LogP contribution in [0.3, 0.4) is 0 Å². The van der Waals surface area contributed by atoms with Crippen molar-refractivity contribution in [1.29, 1.82) is 0 Å². The van der Waals surface area contributed by atoms with Gasteiger partial charge in [-0.15, -0.1) is 11.3 Å². The molecule has 0 N–H and O–H groups in total. The highest BCUT2D eigenvalue weighted by Crippen LogP contribution is 2.32. The fourth-order valence-electron chi connectivity index (χ4n) is 3.57. The van der Waals surface area contributed by atoms with Crippen LogP contribution in [-0.2, 0) is 17.9 Å². The summed E-state index contributed by atoms with van der Waals surface area (Å²) in [6.45, 7) is 2.79. The number of amides is 1. The molecule has 2 aliphatic heterocycles. The standard InChI is InChI=1S/C17H20N4O2S/c1-23-11-16-19-8-15(24-16)17(22)20-9-12-4-3-7-21(12)14-5-2-6-18-13(14)10-20/h2,5-6,8,12H,3-4,7,9-11H2,1H3/t12-/m0/s1. The van der Waals surface area contributed by atoms with E-state index in [0.29, 0.717) is 24.1 Å². The SMILES string of the molecule is COCc1ncc(C(=O)N2Cc3ncccc3N3CCC[C@H]3C2)s1. The van der Waals surface area contributed by atoms with E-state index in [-0.39, 0.29) is 5.91 Å². The minimum absolute atomic E-state index is 0.0419. The van der Waals surface area contributed by atoms with Gasteiger partial charge in [-0.3, -0.25) is 9.78 Å². The monoisotopic (exact) mass is 344 g/mol. The first-order chi connectivity index (χ1) is 11.8. The largest absolute Gasteiger partial charge is 0.378 e. The van der Waals surface area contributed by atoms with Crippen molar-refractivity contribution in [3.63, 3.8) is 0 Å². The number of ether oxygens (including phenoxy) is 1. The van der Waals surface area contributed by atoms with E-state index in [4.69, 9.17) is 4.74 Å². The van der Waals surface area contributed by atoms with Gasteiger partial charge in [-0.25, -0.2) is 4.98 Å². The first-order valence-electron chi connectivity index (χ1n) is 8.19. The predicted molar refractivity (Wildman–Crippen MR) is 92.2 cm³/mol. The summed E-state index contributed by atoms with van der Waals surface area (Å²) in [7, 11) is 1.63. The number of carbonyl (C=O) groups excluding carboxylic acids is 1. The maximum atomic E-state index is 13.0. The van der Waals surface area contributed by atoms with Crippen molar-refractivity contribution in [2.75, 3.05) is 25.1 Å². The van der Waals surface area contributed by atoms with Gasteiger partial charge in [0.1, 0.15) is 9.88 Å². The zero-order valence-electron chi connectivity index (χ0n) is 13.6. The lowest BCUT2D eigenvalue weighted by Gasteiger charge is -2.27. The van der Waals surface area contributed by atoms with Gasteiger partial charge in [0.25, 0.3) is 5.91 Å². The van der Waals surface area contributed by atoms with Gasteiger partial charge in [0.15, 0.2) is 0 Å². The van der Waals surface area contributed by atoms with Gasteiger partial charge >= 0.3 is 0 Å². The molecule has 4 rings (SSSR count). The van der Waals surface area contributed by atoms with Crippen LogP contribution in [0, 0.1) is 0 Å². The first-order valence-corrected chi connectivity index (χ1v) is 9.01. The summed E-state index contributed by atoms with van der Waals surface area (Å²) in [6, 6.07) is 4.48. The average molecular weight is 344 g/mol. The Balaban J connectivity index is 1.62. The maximum Gasteiger partial charge on any atom is 0.266 e. The molecule has 1 amide bonds. The number of fused-ring (bicyclic) bond motifs is 3. The molecule has 1 atom stereocenters. The molecule has 0 saturated carbocycles. The van der Waals surface area contributed by atoms with Gasteiger partial charge in [-0.1, -0.05) is 0 Å². The number of rotatable bonds is 3. The Kier molecular flexibility index (Phi) is 4.20. The van der Waals surface area contributed by atoms with Crippen molar-refractivity contribution < 1.29 is 9.53 Å². The molecule has 6 nitrogen and oxygen atoms in total. The lowest BCUT2D eigenvalue weighted by atomic mass is 10.2.